The second-order valence-corrected chi connectivity index (χ2v) is 8.16. The average Bonchev–Trinajstić information content (AvgIpc) is 2.90. The number of nitrogens with zero attached hydrogens (tertiary/aromatic N) is 1. The summed E-state index contributed by atoms with van der Waals surface area (Å²) in [7, 11) is 0. The molecule has 0 aromatic heterocycles. The molecular formula is C25H30N2O3. The number of nitrogens with one attached hydrogen (secondary N) is 1. The predicted molar refractivity (Wildman–Crippen MR) is 116 cm³/mol. The van der Waals surface area contributed by atoms with Gasteiger partial charge >= 0.3 is 0 Å². The van der Waals surface area contributed by atoms with Crippen molar-refractivity contribution in [2.45, 2.75) is 64.1 Å². The minimum atomic E-state index is -0.605. The maximum atomic E-state index is 13.4. The molecule has 0 saturated heterocycles. The molecule has 4 rings (SSSR count). The van der Waals surface area contributed by atoms with Crippen molar-refractivity contribution in [3.05, 3.63) is 65.2 Å². The molecule has 1 fully saturated rings. The molecule has 5 heteroatoms. The molecule has 0 radical (unpaired) electrons. The summed E-state index contributed by atoms with van der Waals surface area (Å²) in [6.07, 6.45) is 6.80. The largest absolute Gasteiger partial charge is 0.494 e. The van der Waals surface area contributed by atoms with Crippen molar-refractivity contribution in [1.82, 2.24) is 10.2 Å². The minimum Gasteiger partial charge on any atom is -0.494 e. The van der Waals surface area contributed by atoms with E-state index in [1.54, 1.807) is 4.90 Å². The Balaban J connectivity index is 1.61. The van der Waals surface area contributed by atoms with Gasteiger partial charge in [0.25, 0.3) is 5.91 Å². The van der Waals surface area contributed by atoms with Crippen LogP contribution in [0.4, 0.5) is 0 Å². The number of benzene rings is 2. The molecular weight excluding hydrogens is 376 g/mol. The zero-order valence-electron chi connectivity index (χ0n) is 17.6. The molecule has 0 unspecified atom stereocenters. The summed E-state index contributed by atoms with van der Waals surface area (Å²) >= 11 is 0. The van der Waals surface area contributed by atoms with Gasteiger partial charge < -0.3 is 15.0 Å². The molecule has 5 nitrogen and oxygen atoms in total. The number of carbonyl (C=O) groups is 2. The highest BCUT2D eigenvalue weighted by Crippen LogP contribution is 2.36. The molecule has 1 atom stereocenters. The van der Waals surface area contributed by atoms with Gasteiger partial charge in [0.1, 0.15) is 11.8 Å². The number of fused-ring (bicyclic) bond motifs is 1. The normalized spacial score (nSPS) is 19.3. The maximum Gasteiger partial charge on any atom is 0.255 e. The first-order valence-electron chi connectivity index (χ1n) is 11.1. The van der Waals surface area contributed by atoms with Crippen LogP contribution in [0, 0.1) is 0 Å². The van der Waals surface area contributed by atoms with Crippen LogP contribution in [0.1, 0.15) is 73.0 Å². The SMILES string of the molecule is CCOc1ccccc1CN1C(=O)c2ccccc2[C@@H]1C(=O)NC1CCCCCC1. The molecule has 1 aliphatic heterocycles. The first-order chi connectivity index (χ1) is 14.7. The Morgan fingerprint density at radius 2 is 1.73 bits per heavy atom. The van der Waals surface area contributed by atoms with Gasteiger partial charge in [0.05, 0.1) is 13.2 Å². The number of ether oxygens (including phenoxy) is 1. The fourth-order valence-electron chi connectivity index (χ4n) is 4.63. The van der Waals surface area contributed by atoms with Crippen LogP contribution in [0.2, 0.25) is 0 Å². The highest BCUT2D eigenvalue weighted by atomic mass is 16.5. The first kappa shape index (κ1) is 20.5. The molecule has 158 valence electrons. The number of rotatable bonds is 6. The van der Waals surface area contributed by atoms with Crippen LogP contribution < -0.4 is 10.1 Å². The van der Waals surface area contributed by atoms with Crippen molar-refractivity contribution >= 4 is 11.8 Å². The molecule has 1 N–H and O–H groups in total. The Hall–Kier alpha value is -2.82. The molecule has 2 aromatic carbocycles. The van der Waals surface area contributed by atoms with E-state index in [4.69, 9.17) is 4.74 Å². The lowest BCUT2D eigenvalue weighted by molar-refractivity contribution is -0.126. The lowest BCUT2D eigenvalue weighted by Crippen LogP contribution is -2.43. The predicted octanol–water partition coefficient (Wildman–Crippen LogP) is 4.62. The van der Waals surface area contributed by atoms with Gasteiger partial charge in [-0.25, -0.2) is 0 Å². The van der Waals surface area contributed by atoms with Crippen LogP contribution >= 0.6 is 0 Å². The lowest BCUT2D eigenvalue weighted by Gasteiger charge is -2.27. The number of amides is 2. The van der Waals surface area contributed by atoms with Gasteiger partial charge in [0.15, 0.2) is 0 Å². The smallest absolute Gasteiger partial charge is 0.255 e. The fraction of sp³-hybridized carbons (Fsp3) is 0.440. The van der Waals surface area contributed by atoms with E-state index in [2.05, 4.69) is 5.32 Å². The van der Waals surface area contributed by atoms with Crippen molar-refractivity contribution in [2.75, 3.05) is 6.61 Å². The average molecular weight is 407 g/mol. The third kappa shape index (κ3) is 4.20. The van der Waals surface area contributed by atoms with Crippen molar-refractivity contribution in [2.24, 2.45) is 0 Å². The van der Waals surface area contributed by atoms with E-state index in [1.807, 2.05) is 55.5 Å². The van der Waals surface area contributed by atoms with Crippen molar-refractivity contribution in [3.8, 4) is 5.75 Å². The summed E-state index contributed by atoms with van der Waals surface area (Å²) in [5.74, 6) is 0.582. The van der Waals surface area contributed by atoms with E-state index >= 15 is 0 Å². The van der Waals surface area contributed by atoms with Gasteiger partial charge in [-0.2, -0.15) is 0 Å². The lowest BCUT2D eigenvalue weighted by atomic mass is 10.0. The van der Waals surface area contributed by atoms with E-state index in [0.717, 1.165) is 42.6 Å². The van der Waals surface area contributed by atoms with Gasteiger partial charge in [0.2, 0.25) is 5.91 Å². The molecule has 0 bridgehead atoms. The Kier molecular flexibility index (Phi) is 6.36. The monoisotopic (exact) mass is 406 g/mol. The van der Waals surface area contributed by atoms with E-state index in [1.165, 1.54) is 12.8 Å². The topological polar surface area (TPSA) is 58.6 Å². The van der Waals surface area contributed by atoms with Crippen LogP contribution in [0.25, 0.3) is 0 Å². The highest BCUT2D eigenvalue weighted by molar-refractivity contribution is 6.04. The van der Waals surface area contributed by atoms with Gasteiger partial charge in [-0.05, 0) is 37.5 Å². The van der Waals surface area contributed by atoms with E-state index in [9.17, 15) is 9.59 Å². The summed E-state index contributed by atoms with van der Waals surface area (Å²) < 4.78 is 5.75. The van der Waals surface area contributed by atoms with E-state index in [0.29, 0.717) is 18.7 Å². The van der Waals surface area contributed by atoms with Gasteiger partial charge in [0, 0.05) is 17.2 Å². The molecule has 2 amide bonds. The van der Waals surface area contributed by atoms with Crippen molar-refractivity contribution in [3.63, 3.8) is 0 Å². The summed E-state index contributed by atoms with van der Waals surface area (Å²) in [5.41, 5.74) is 2.32. The molecule has 1 aliphatic carbocycles. The van der Waals surface area contributed by atoms with Crippen molar-refractivity contribution in [1.29, 1.82) is 0 Å². The summed E-state index contributed by atoms with van der Waals surface area (Å²) in [5, 5.41) is 3.25. The zero-order chi connectivity index (χ0) is 20.9. The summed E-state index contributed by atoms with van der Waals surface area (Å²) in [6, 6.07) is 14.8. The quantitative estimate of drug-likeness (QED) is 0.712. The Labute approximate surface area is 178 Å². The van der Waals surface area contributed by atoms with Gasteiger partial charge in [-0.15, -0.1) is 0 Å². The molecule has 2 aromatic rings. The maximum absolute atomic E-state index is 13.4. The Morgan fingerprint density at radius 1 is 1.03 bits per heavy atom. The highest BCUT2D eigenvalue weighted by Gasteiger charge is 2.41. The number of hydrogen-bond donors (Lipinski definition) is 1. The Bertz CT molecular complexity index is 903. The minimum absolute atomic E-state index is 0.0749. The molecule has 1 heterocycles. The second kappa shape index (κ2) is 9.33. The van der Waals surface area contributed by atoms with E-state index < -0.39 is 6.04 Å². The fourth-order valence-corrected chi connectivity index (χ4v) is 4.63. The van der Waals surface area contributed by atoms with Crippen LogP contribution in [-0.4, -0.2) is 29.4 Å². The number of para-hydroxylation sites is 1. The molecule has 30 heavy (non-hydrogen) atoms. The third-order valence-electron chi connectivity index (χ3n) is 6.12. The molecule has 1 saturated carbocycles. The second-order valence-electron chi connectivity index (χ2n) is 8.16. The van der Waals surface area contributed by atoms with Crippen molar-refractivity contribution < 1.29 is 14.3 Å². The standard InChI is InChI=1S/C25H30N2O3/c1-2-30-22-16-10-7-11-18(22)17-27-23(20-14-8-9-15-21(20)25(27)29)24(28)26-19-12-5-3-4-6-13-19/h7-11,14-16,19,23H,2-6,12-13,17H2,1H3,(H,26,28)/t23-/m1/s1. The number of hydrogen-bond acceptors (Lipinski definition) is 3. The Morgan fingerprint density at radius 3 is 2.50 bits per heavy atom. The zero-order valence-corrected chi connectivity index (χ0v) is 17.6. The van der Waals surface area contributed by atoms with Gasteiger partial charge in [-0.1, -0.05) is 62.1 Å². The molecule has 0 spiro atoms. The van der Waals surface area contributed by atoms with Crippen LogP contribution in [0.5, 0.6) is 5.75 Å². The first-order valence-corrected chi connectivity index (χ1v) is 11.1. The van der Waals surface area contributed by atoms with Crippen LogP contribution in [-0.2, 0) is 11.3 Å². The van der Waals surface area contributed by atoms with Gasteiger partial charge in [-0.3, -0.25) is 9.59 Å². The van der Waals surface area contributed by atoms with Crippen LogP contribution in [0.3, 0.4) is 0 Å². The molecule has 2 aliphatic rings. The van der Waals surface area contributed by atoms with E-state index in [-0.39, 0.29) is 17.9 Å². The summed E-state index contributed by atoms with van der Waals surface area (Å²) in [4.78, 5) is 28.3. The van der Waals surface area contributed by atoms with Crippen LogP contribution in [0.15, 0.2) is 48.5 Å². The number of carbonyl (C=O) groups excluding carboxylic acids is 2. The summed E-state index contributed by atoms with van der Waals surface area (Å²) in [6.45, 7) is 2.83. The third-order valence-corrected chi connectivity index (χ3v) is 6.12.